The van der Waals surface area contributed by atoms with Gasteiger partial charge in [-0.05, 0) is 0 Å². The third kappa shape index (κ3) is 6.51. The van der Waals surface area contributed by atoms with Crippen LogP contribution >= 0.6 is 17.0 Å². The number of benzene rings is 4. The van der Waals surface area contributed by atoms with Crippen LogP contribution in [0.4, 0.5) is 0 Å². The maximum atomic E-state index is 8.80. The zero-order valence-corrected chi connectivity index (χ0v) is 38.4. The molecule has 2 aliphatic carbocycles. The van der Waals surface area contributed by atoms with E-state index in [-0.39, 0.29) is 18.1 Å². The molecule has 0 spiro atoms. The van der Waals surface area contributed by atoms with Crippen LogP contribution in [0, 0.1) is 5.92 Å². The van der Waals surface area contributed by atoms with E-state index in [1.807, 2.05) is 0 Å². The topological polar surface area (TPSA) is 0 Å². The van der Waals surface area contributed by atoms with Crippen molar-refractivity contribution in [2.75, 3.05) is 0 Å². The van der Waals surface area contributed by atoms with Crippen molar-refractivity contribution in [3.8, 4) is 22.3 Å². The molecule has 0 nitrogen and oxygen atoms in total. The number of halogens is 2. The first-order valence-corrected chi connectivity index (χ1v) is 35.5. The molecule has 0 amide bonds. The van der Waals surface area contributed by atoms with Gasteiger partial charge < -0.3 is 0 Å². The summed E-state index contributed by atoms with van der Waals surface area (Å²) in [5, 5.41) is 0. The van der Waals surface area contributed by atoms with Crippen molar-refractivity contribution in [3.63, 3.8) is 0 Å². The summed E-state index contributed by atoms with van der Waals surface area (Å²) >= 11 is -4.93. The molecule has 0 aliphatic heterocycles. The van der Waals surface area contributed by atoms with Gasteiger partial charge in [0.15, 0.2) is 0 Å². The van der Waals surface area contributed by atoms with Crippen LogP contribution in [0.2, 0.25) is 13.1 Å². The van der Waals surface area contributed by atoms with Crippen molar-refractivity contribution < 1.29 is 15.6 Å². The van der Waals surface area contributed by atoms with E-state index in [0.29, 0.717) is 11.8 Å². The molecule has 0 saturated heterocycles. The fourth-order valence-corrected chi connectivity index (χ4v) is 41.2. The molecule has 6 rings (SSSR count). The Morgan fingerprint density at radius 1 is 0.608 bits per heavy atom. The Morgan fingerprint density at radius 3 is 1.57 bits per heavy atom. The summed E-state index contributed by atoms with van der Waals surface area (Å²) in [5.74, 6) is -0.990. The molecule has 0 fully saturated rings. The van der Waals surface area contributed by atoms with Gasteiger partial charge in [0.1, 0.15) is 0 Å². The van der Waals surface area contributed by atoms with Gasteiger partial charge in [0, 0.05) is 0 Å². The molecule has 0 radical (unpaired) electrons. The second-order valence-corrected chi connectivity index (χ2v) is 61.1. The van der Waals surface area contributed by atoms with E-state index in [2.05, 4.69) is 180 Å². The Labute approximate surface area is 318 Å². The van der Waals surface area contributed by atoms with Crippen LogP contribution in [0.1, 0.15) is 128 Å². The Hall–Kier alpha value is -1.96. The number of rotatable bonds is 7. The summed E-state index contributed by atoms with van der Waals surface area (Å²) in [6.45, 7) is 30.3. The van der Waals surface area contributed by atoms with Crippen LogP contribution in [-0.2, 0) is 26.4 Å². The summed E-state index contributed by atoms with van der Waals surface area (Å²) in [6.07, 6.45) is 4.97. The minimum absolute atomic E-state index is 0.0652. The van der Waals surface area contributed by atoms with E-state index in [1.165, 1.54) is 72.3 Å². The molecule has 51 heavy (non-hydrogen) atoms. The van der Waals surface area contributed by atoms with Crippen molar-refractivity contribution in [3.05, 3.63) is 129 Å². The molecule has 0 saturated carbocycles. The van der Waals surface area contributed by atoms with E-state index in [4.69, 9.17) is 17.0 Å². The van der Waals surface area contributed by atoms with Gasteiger partial charge in [0.05, 0.1) is 0 Å². The third-order valence-corrected chi connectivity index (χ3v) is 64.1. The molecule has 4 heteroatoms. The first-order chi connectivity index (χ1) is 23.7. The van der Waals surface area contributed by atoms with Crippen LogP contribution in [0.15, 0.2) is 90.0 Å². The quantitative estimate of drug-likeness (QED) is 0.163. The molecule has 0 N–H and O–H groups in total. The summed E-state index contributed by atoms with van der Waals surface area (Å²) < 4.78 is 0.134. The molecule has 0 heterocycles. The zero-order valence-electron chi connectivity index (χ0n) is 33.3. The average Bonchev–Trinajstić information content (AvgIpc) is 3.63. The van der Waals surface area contributed by atoms with Crippen LogP contribution in [-0.4, -0.2) is 5.92 Å². The van der Waals surface area contributed by atoms with Crippen LogP contribution < -0.4 is 0 Å². The zero-order chi connectivity index (χ0) is 37.4. The minimum atomic E-state index is -4.93. The molecule has 0 aromatic heterocycles. The van der Waals surface area contributed by atoms with E-state index < -0.39 is 21.5 Å². The summed E-state index contributed by atoms with van der Waals surface area (Å²) in [6, 6.07) is 30.1. The van der Waals surface area contributed by atoms with Crippen molar-refractivity contribution in [2.45, 2.75) is 113 Å². The van der Waals surface area contributed by atoms with Crippen molar-refractivity contribution in [2.24, 2.45) is 5.92 Å². The first-order valence-electron chi connectivity index (χ1n) is 19.1. The molecular weight excluding hydrogens is 755 g/mol. The number of allylic oxidation sites excluding steroid dienone is 2. The Morgan fingerprint density at radius 2 is 1.12 bits per heavy atom. The molecule has 0 bridgehead atoms. The van der Waals surface area contributed by atoms with E-state index in [1.54, 1.807) is 0 Å². The van der Waals surface area contributed by atoms with Crippen LogP contribution in [0.3, 0.4) is 0 Å². The van der Waals surface area contributed by atoms with Gasteiger partial charge in [-0.1, -0.05) is 0 Å². The number of fused-ring (bicyclic) bond motifs is 2. The van der Waals surface area contributed by atoms with Gasteiger partial charge in [0.2, 0.25) is 0 Å². The third-order valence-electron chi connectivity index (χ3n) is 12.2. The molecule has 4 aromatic carbocycles. The maximum absolute atomic E-state index is 8.80. The van der Waals surface area contributed by atoms with Gasteiger partial charge >= 0.3 is 321 Å². The van der Waals surface area contributed by atoms with Crippen molar-refractivity contribution in [1.82, 2.24) is 0 Å². The molecule has 269 valence electrons. The summed E-state index contributed by atoms with van der Waals surface area (Å²) in [7, 11) is 17.6. The molecule has 2 atom stereocenters. The first kappa shape index (κ1) is 38.8. The second-order valence-electron chi connectivity index (χ2n) is 18.6. The van der Waals surface area contributed by atoms with Gasteiger partial charge in [-0.2, -0.15) is 0 Å². The van der Waals surface area contributed by atoms with Gasteiger partial charge in [0.25, 0.3) is 0 Å². The fourth-order valence-electron chi connectivity index (χ4n) is 9.06. The van der Waals surface area contributed by atoms with Gasteiger partial charge in [-0.25, -0.2) is 0 Å². The number of hydrogen-bond donors (Lipinski definition) is 0. The summed E-state index contributed by atoms with van der Waals surface area (Å²) in [5.41, 5.74) is 17.6. The molecule has 2 unspecified atom stereocenters. The molecule has 2 aliphatic rings. The normalized spacial score (nSPS) is 18.5. The molecule has 4 aromatic rings. The van der Waals surface area contributed by atoms with Gasteiger partial charge in [-0.3, -0.25) is 0 Å². The van der Waals surface area contributed by atoms with Crippen LogP contribution in [0.5, 0.6) is 0 Å². The SMILES string of the molecule is CC1=Cc2c(-c3ccc(C(C)(C)C)cc3)ccc(C(C)C)c2[CH]1[Zr]([Cl])([Cl])([CH]1C(C(C)C)=Cc2c(-c3ccc(C(C)(C)C)cc3)cccc21)[SiH](C)C. The van der Waals surface area contributed by atoms with Gasteiger partial charge in [-0.15, -0.1) is 0 Å². The monoisotopic (exact) mass is 811 g/mol. The van der Waals surface area contributed by atoms with Crippen molar-refractivity contribution >= 4 is 35.1 Å². The Balaban J connectivity index is 1.58. The fraction of sp³-hybridized carbons (Fsp3) is 0.404. The second kappa shape index (κ2) is 13.4. The van der Waals surface area contributed by atoms with E-state index >= 15 is 0 Å². The Bertz CT molecular complexity index is 2030. The predicted molar refractivity (Wildman–Crippen MR) is 228 cm³/mol. The summed E-state index contributed by atoms with van der Waals surface area (Å²) in [4.78, 5) is 0. The standard InChI is InChI=1S/C23H27.C22H25.C2H7Si.2ClH.Zr/c1-15(2)19-11-12-20(22-14-16(3)13-21(19)22)17-7-9-18(10-8-17)23(4,5)6;1-15(2)18-13-17-7-6-8-20(21(17)14-18)16-9-11-19(12-10-16)22(3,4)5;1-3-2;;;/h7-15H,1-6H3;6-15H,1-5H3;3H,1-2H3;2*1H;/q;;;;;+2/p-2. The molecular formula is C47H59Cl2SiZr. The van der Waals surface area contributed by atoms with E-state index in [9.17, 15) is 0 Å². The predicted octanol–water partition coefficient (Wildman–Crippen LogP) is 15.0. The Kier molecular flexibility index (Phi) is 10.2. The van der Waals surface area contributed by atoms with Crippen LogP contribution in [0.25, 0.3) is 34.4 Å². The average molecular weight is 814 g/mol. The number of hydrogen-bond acceptors (Lipinski definition) is 0. The van der Waals surface area contributed by atoms with Crippen molar-refractivity contribution in [1.29, 1.82) is 0 Å². The van der Waals surface area contributed by atoms with E-state index in [0.717, 1.165) is 0 Å².